The number of aromatic nitrogens is 1. The highest BCUT2D eigenvalue weighted by atomic mass is 16.4. The minimum atomic E-state index is 0.579. The van der Waals surface area contributed by atoms with E-state index >= 15 is 0 Å². The van der Waals surface area contributed by atoms with E-state index in [4.69, 9.17) is 4.42 Å². The molecule has 102 valence electrons. The van der Waals surface area contributed by atoms with Crippen LogP contribution in [0.15, 0.2) is 33.8 Å². The summed E-state index contributed by atoms with van der Waals surface area (Å²) >= 11 is 0. The molecule has 4 heteroatoms. The second kappa shape index (κ2) is 6.92. The number of oxazole rings is 1. The Morgan fingerprint density at radius 2 is 2.11 bits per heavy atom. The molecule has 0 spiro atoms. The van der Waals surface area contributed by atoms with Gasteiger partial charge in [0.25, 0.3) is 0 Å². The number of hydrogen-bond acceptors (Lipinski definition) is 4. The van der Waals surface area contributed by atoms with Crippen LogP contribution in [0.25, 0.3) is 11.1 Å². The van der Waals surface area contributed by atoms with Crippen molar-refractivity contribution < 1.29 is 4.42 Å². The maximum absolute atomic E-state index is 5.74. The van der Waals surface area contributed by atoms with Crippen molar-refractivity contribution in [2.45, 2.75) is 39.5 Å². The minimum Gasteiger partial charge on any atom is -0.422 e. The predicted molar refractivity (Wildman–Crippen MR) is 79.7 cm³/mol. The molecule has 0 aliphatic rings. The first kappa shape index (κ1) is 13.6. The lowest BCUT2D eigenvalue weighted by atomic mass is 10.2. The Bertz CT molecular complexity index is 500. The number of rotatable bonds is 7. The highest BCUT2D eigenvalue weighted by molar-refractivity contribution is 5.74. The van der Waals surface area contributed by atoms with Gasteiger partial charge in [-0.3, -0.25) is 0 Å². The summed E-state index contributed by atoms with van der Waals surface area (Å²) in [4.78, 5) is 4.48. The van der Waals surface area contributed by atoms with Gasteiger partial charge in [0.15, 0.2) is 5.58 Å². The molecular weight excluding hydrogens is 238 g/mol. The van der Waals surface area contributed by atoms with Gasteiger partial charge in [-0.25, -0.2) is 5.01 Å². The van der Waals surface area contributed by atoms with E-state index in [9.17, 15) is 0 Å². The average Bonchev–Trinajstić information content (AvgIpc) is 2.86. The molecule has 0 saturated heterocycles. The van der Waals surface area contributed by atoms with Crippen molar-refractivity contribution in [3.05, 3.63) is 24.3 Å². The van der Waals surface area contributed by atoms with Crippen LogP contribution in [0.4, 0.5) is 6.01 Å². The molecular formula is C15H21N3O. The van der Waals surface area contributed by atoms with Crippen LogP contribution >= 0.6 is 0 Å². The van der Waals surface area contributed by atoms with E-state index in [1.54, 1.807) is 6.21 Å². The lowest BCUT2D eigenvalue weighted by Crippen LogP contribution is -2.18. The van der Waals surface area contributed by atoms with Gasteiger partial charge < -0.3 is 4.42 Å². The lowest BCUT2D eigenvalue weighted by molar-refractivity contribution is 0.557. The molecule has 1 aromatic heterocycles. The summed E-state index contributed by atoms with van der Waals surface area (Å²) in [5.41, 5.74) is 1.68. The maximum atomic E-state index is 5.74. The summed E-state index contributed by atoms with van der Waals surface area (Å²) in [6, 6.07) is 8.37. The zero-order valence-electron chi connectivity index (χ0n) is 11.7. The van der Waals surface area contributed by atoms with Crippen molar-refractivity contribution in [2.24, 2.45) is 5.10 Å². The van der Waals surface area contributed by atoms with E-state index in [1.807, 2.05) is 36.2 Å². The molecule has 0 radical (unpaired) electrons. The van der Waals surface area contributed by atoms with Gasteiger partial charge in [0.1, 0.15) is 5.52 Å². The van der Waals surface area contributed by atoms with Crippen LogP contribution in [0, 0.1) is 0 Å². The summed E-state index contributed by atoms with van der Waals surface area (Å²) < 4.78 is 5.74. The first-order chi connectivity index (χ1) is 9.35. The van der Waals surface area contributed by atoms with Crippen molar-refractivity contribution in [2.75, 3.05) is 11.6 Å². The van der Waals surface area contributed by atoms with Crippen molar-refractivity contribution in [3.63, 3.8) is 0 Å². The fourth-order valence-corrected chi connectivity index (χ4v) is 2.00. The van der Waals surface area contributed by atoms with Crippen LogP contribution in [0.3, 0.4) is 0 Å². The smallest absolute Gasteiger partial charge is 0.319 e. The third kappa shape index (κ3) is 3.56. The van der Waals surface area contributed by atoms with Crippen molar-refractivity contribution >= 4 is 23.3 Å². The lowest BCUT2D eigenvalue weighted by Gasteiger charge is -2.13. The van der Waals surface area contributed by atoms with Gasteiger partial charge in [-0.1, -0.05) is 38.3 Å². The van der Waals surface area contributed by atoms with Gasteiger partial charge in [0, 0.05) is 12.8 Å². The Labute approximate surface area is 114 Å². The Balaban J connectivity index is 2.09. The topological polar surface area (TPSA) is 41.6 Å². The highest BCUT2D eigenvalue weighted by Gasteiger charge is 2.12. The molecule has 1 heterocycles. The summed E-state index contributed by atoms with van der Waals surface area (Å²) in [6.07, 6.45) is 6.59. The van der Waals surface area contributed by atoms with Crippen LogP contribution in [0.1, 0.15) is 39.5 Å². The van der Waals surface area contributed by atoms with Gasteiger partial charge >= 0.3 is 6.01 Å². The molecule has 0 saturated carbocycles. The van der Waals surface area contributed by atoms with Gasteiger partial charge in [-0.05, 0) is 25.5 Å². The van der Waals surface area contributed by atoms with Crippen molar-refractivity contribution in [1.29, 1.82) is 0 Å². The molecule has 0 unspecified atom stereocenters. The van der Waals surface area contributed by atoms with Gasteiger partial charge in [-0.2, -0.15) is 10.1 Å². The molecule has 0 N–H and O–H groups in total. The number of fused-ring (bicyclic) bond motifs is 1. The Hall–Kier alpha value is -1.84. The monoisotopic (exact) mass is 259 g/mol. The third-order valence-corrected chi connectivity index (χ3v) is 2.98. The summed E-state index contributed by atoms with van der Waals surface area (Å²) in [6.45, 7) is 4.96. The molecule has 2 rings (SSSR count). The largest absolute Gasteiger partial charge is 0.422 e. The number of benzene rings is 1. The fraction of sp³-hybridized carbons (Fsp3) is 0.467. The molecule has 19 heavy (non-hydrogen) atoms. The minimum absolute atomic E-state index is 0.579. The summed E-state index contributed by atoms with van der Waals surface area (Å²) in [5.74, 6) is 0. The molecule has 2 aromatic rings. The number of para-hydroxylation sites is 2. The highest BCUT2D eigenvalue weighted by Crippen LogP contribution is 2.22. The first-order valence-corrected chi connectivity index (χ1v) is 6.97. The second-order valence-electron chi connectivity index (χ2n) is 4.52. The van der Waals surface area contributed by atoms with Crippen molar-refractivity contribution in [3.8, 4) is 0 Å². The Kier molecular flexibility index (Phi) is 4.95. The standard InChI is InChI=1S/C15H21N3O/c1-3-5-6-9-12-18(16-4-2)15-17-13-10-7-8-11-14(13)19-15/h4,7-8,10-11H,3,5-6,9,12H2,1-2H3/b16-4+. The molecule has 0 aliphatic carbocycles. The average molecular weight is 259 g/mol. The quantitative estimate of drug-likeness (QED) is 0.424. The van der Waals surface area contributed by atoms with Crippen LogP contribution < -0.4 is 5.01 Å². The first-order valence-electron chi connectivity index (χ1n) is 6.97. The van der Waals surface area contributed by atoms with Gasteiger partial charge in [-0.15, -0.1) is 0 Å². The zero-order chi connectivity index (χ0) is 13.5. The molecule has 4 nitrogen and oxygen atoms in total. The van der Waals surface area contributed by atoms with Crippen LogP contribution in [-0.2, 0) is 0 Å². The zero-order valence-corrected chi connectivity index (χ0v) is 11.7. The second-order valence-corrected chi connectivity index (χ2v) is 4.52. The molecule has 1 aromatic carbocycles. The van der Waals surface area contributed by atoms with Crippen LogP contribution in [0.5, 0.6) is 0 Å². The maximum Gasteiger partial charge on any atom is 0.319 e. The predicted octanol–water partition coefficient (Wildman–Crippen LogP) is 4.22. The SMILES string of the molecule is C/C=N/N(CCCCCC)c1nc2ccccc2o1. The van der Waals surface area contributed by atoms with Gasteiger partial charge in [0.2, 0.25) is 0 Å². The van der Waals surface area contributed by atoms with Crippen LogP contribution in [-0.4, -0.2) is 17.7 Å². The van der Waals surface area contributed by atoms with Crippen LogP contribution in [0.2, 0.25) is 0 Å². The van der Waals surface area contributed by atoms with Crippen molar-refractivity contribution in [1.82, 2.24) is 4.98 Å². The Morgan fingerprint density at radius 3 is 2.84 bits per heavy atom. The third-order valence-electron chi connectivity index (χ3n) is 2.98. The summed E-state index contributed by atoms with van der Waals surface area (Å²) in [5, 5.41) is 6.18. The van der Waals surface area contributed by atoms with E-state index in [-0.39, 0.29) is 0 Å². The number of unbranched alkanes of at least 4 members (excludes halogenated alkanes) is 3. The van der Waals surface area contributed by atoms with E-state index in [0.29, 0.717) is 6.01 Å². The molecule has 0 aliphatic heterocycles. The number of hydrogen-bond donors (Lipinski definition) is 0. The molecule has 0 bridgehead atoms. The number of hydrazone groups is 1. The fourth-order valence-electron chi connectivity index (χ4n) is 2.00. The van der Waals surface area contributed by atoms with E-state index in [0.717, 1.165) is 24.1 Å². The van der Waals surface area contributed by atoms with E-state index in [1.165, 1.54) is 19.3 Å². The summed E-state index contributed by atoms with van der Waals surface area (Å²) in [7, 11) is 0. The molecule has 0 amide bonds. The number of nitrogens with zero attached hydrogens (tertiary/aromatic N) is 3. The normalized spacial score (nSPS) is 11.5. The number of anilines is 1. The molecule has 0 fully saturated rings. The van der Waals surface area contributed by atoms with E-state index in [2.05, 4.69) is 17.0 Å². The van der Waals surface area contributed by atoms with E-state index < -0.39 is 0 Å². The molecule has 0 atom stereocenters. The van der Waals surface area contributed by atoms with Gasteiger partial charge in [0.05, 0.1) is 0 Å². The Morgan fingerprint density at radius 1 is 1.26 bits per heavy atom.